The molecule has 0 atom stereocenters. The average molecular weight is 261 g/mol. The summed E-state index contributed by atoms with van der Waals surface area (Å²) in [6.07, 6.45) is 6.25. The zero-order chi connectivity index (χ0) is 13.0. The van der Waals surface area contributed by atoms with Gasteiger partial charge in [-0.05, 0) is 38.9 Å². The Kier molecular flexibility index (Phi) is 11.3. The highest BCUT2D eigenvalue weighted by Gasteiger charge is 2.33. The molecular weight excluding hydrogens is 230 g/mol. The molecule has 0 aliphatic rings. The summed E-state index contributed by atoms with van der Waals surface area (Å²) in [5, 5.41) is 0. The van der Waals surface area contributed by atoms with Crippen LogP contribution in [-0.4, -0.2) is 28.3 Å². The molecule has 17 heavy (non-hydrogen) atoms. The molecule has 0 fully saturated rings. The van der Waals surface area contributed by atoms with E-state index in [1.54, 1.807) is 0 Å². The summed E-state index contributed by atoms with van der Waals surface area (Å²) < 4.78 is 11.9. The largest absolute Gasteiger partial charge is 0.394 e. The lowest BCUT2D eigenvalue weighted by Crippen LogP contribution is -2.41. The second-order valence-electron chi connectivity index (χ2n) is 4.44. The maximum absolute atomic E-state index is 5.94. The van der Waals surface area contributed by atoms with Crippen molar-refractivity contribution in [3.8, 4) is 0 Å². The minimum Gasteiger partial charge on any atom is -0.394 e. The van der Waals surface area contributed by atoms with Gasteiger partial charge in [0.25, 0.3) is 0 Å². The molecule has 0 amide bonds. The van der Waals surface area contributed by atoms with E-state index in [-0.39, 0.29) is 0 Å². The molecule has 104 valence electrons. The molecule has 4 heteroatoms. The first-order valence-corrected chi connectivity index (χ1v) is 9.45. The third kappa shape index (κ3) is 7.92. The third-order valence-corrected chi connectivity index (χ3v) is 6.94. The summed E-state index contributed by atoms with van der Waals surface area (Å²) in [6, 6.07) is 2.21. The molecule has 0 rings (SSSR count). The highest BCUT2D eigenvalue weighted by atomic mass is 28.4. The van der Waals surface area contributed by atoms with E-state index in [2.05, 4.69) is 20.8 Å². The molecule has 0 aromatic heterocycles. The van der Waals surface area contributed by atoms with Crippen molar-refractivity contribution in [2.24, 2.45) is 5.73 Å². The molecule has 0 saturated carbocycles. The van der Waals surface area contributed by atoms with Crippen molar-refractivity contribution in [3.63, 3.8) is 0 Å². The normalized spacial score (nSPS) is 12.0. The average Bonchev–Trinajstić information content (AvgIpc) is 2.34. The van der Waals surface area contributed by atoms with Gasteiger partial charge in [-0.3, -0.25) is 0 Å². The van der Waals surface area contributed by atoms with Crippen LogP contribution < -0.4 is 5.73 Å². The number of hydrogen-bond acceptors (Lipinski definition) is 3. The first kappa shape index (κ1) is 17.1. The zero-order valence-corrected chi connectivity index (χ0v) is 13.0. The molecule has 2 N–H and O–H groups in total. The second kappa shape index (κ2) is 11.2. The van der Waals surface area contributed by atoms with E-state index in [1.807, 2.05) is 0 Å². The smallest absolute Gasteiger partial charge is 0.337 e. The molecular formula is C13H31NO2Si. The predicted octanol–water partition coefficient (Wildman–Crippen LogP) is 3.43. The Bertz CT molecular complexity index is 161. The molecule has 0 saturated heterocycles. The van der Waals surface area contributed by atoms with Gasteiger partial charge in [-0.2, -0.15) is 0 Å². The topological polar surface area (TPSA) is 44.5 Å². The Labute approximate surface area is 108 Å². The Balaban J connectivity index is 3.82. The van der Waals surface area contributed by atoms with Crippen LogP contribution in [0.15, 0.2) is 0 Å². The summed E-state index contributed by atoms with van der Waals surface area (Å²) in [5.41, 5.74) is 5.48. The van der Waals surface area contributed by atoms with Gasteiger partial charge in [0.05, 0.1) is 0 Å². The van der Waals surface area contributed by atoms with Gasteiger partial charge in [0.1, 0.15) is 0 Å². The van der Waals surface area contributed by atoms with Gasteiger partial charge in [-0.1, -0.05) is 32.6 Å². The first-order valence-electron chi connectivity index (χ1n) is 7.22. The summed E-state index contributed by atoms with van der Waals surface area (Å²) in [7, 11) is -1.86. The van der Waals surface area contributed by atoms with Crippen molar-refractivity contribution in [2.75, 3.05) is 19.8 Å². The van der Waals surface area contributed by atoms with Crippen LogP contribution in [0.2, 0.25) is 12.1 Å². The predicted molar refractivity (Wildman–Crippen MR) is 76.4 cm³/mol. The first-order chi connectivity index (χ1) is 8.24. The lowest BCUT2D eigenvalue weighted by Gasteiger charge is -2.28. The molecule has 0 aromatic carbocycles. The van der Waals surface area contributed by atoms with Crippen LogP contribution in [0, 0.1) is 0 Å². The van der Waals surface area contributed by atoms with Crippen LogP contribution in [0.3, 0.4) is 0 Å². The summed E-state index contributed by atoms with van der Waals surface area (Å²) >= 11 is 0. The van der Waals surface area contributed by atoms with Gasteiger partial charge in [0, 0.05) is 13.2 Å². The van der Waals surface area contributed by atoms with E-state index < -0.39 is 8.56 Å². The fraction of sp³-hybridized carbons (Fsp3) is 1.00. The van der Waals surface area contributed by atoms with Crippen LogP contribution in [0.25, 0.3) is 0 Å². The Morgan fingerprint density at radius 3 is 1.82 bits per heavy atom. The van der Waals surface area contributed by atoms with E-state index in [9.17, 15) is 0 Å². The highest BCUT2D eigenvalue weighted by molar-refractivity contribution is 6.67. The van der Waals surface area contributed by atoms with Gasteiger partial charge in [0.2, 0.25) is 0 Å². The summed E-state index contributed by atoms with van der Waals surface area (Å²) in [6.45, 7) is 8.73. The molecule has 0 bridgehead atoms. The van der Waals surface area contributed by atoms with Crippen LogP contribution in [-0.2, 0) is 8.85 Å². The van der Waals surface area contributed by atoms with Crippen molar-refractivity contribution in [2.45, 2.75) is 65.0 Å². The van der Waals surface area contributed by atoms with Gasteiger partial charge < -0.3 is 14.6 Å². The molecule has 0 unspecified atom stereocenters. The van der Waals surface area contributed by atoms with Crippen molar-refractivity contribution in [1.29, 1.82) is 0 Å². The van der Waals surface area contributed by atoms with Crippen molar-refractivity contribution >= 4 is 8.56 Å². The second-order valence-corrected chi connectivity index (χ2v) is 8.04. The fourth-order valence-electron chi connectivity index (χ4n) is 2.16. The standard InChI is InChI=1S/C13H31NO2Si/c1-4-15-17(6-3,16-5-2)13-11-9-7-8-10-12-14/h4-14H2,1-3H3. The summed E-state index contributed by atoms with van der Waals surface area (Å²) in [5.74, 6) is 0. The number of unbranched alkanes of at least 4 members (excludes halogenated alkanes) is 4. The SMILES string of the molecule is CCO[Si](CC)(CCCCCCCN)OCC. The van der Waals surface area contributed by atoms with E-state index in [0.29, 0.717) is 0 Å². The lowest BCUT2D eigenvalue weighted by molar-refractivity contribution is 0.182. The van der Waals surface area contributed by atoms with E-state index in [0.717, 1.165) is 38.3 Å². The number of rotatable bonds is 12. The summed E-state index contributed by atoms with van der Waals surface area (Å²) in [4.78, 5) is 0. The zero-order valence-electron chi connectivity index (χ0n) is 12.0. The van der Waals surface area contributed by atoms with Crippen molar-refractivity contribution < 1.29 is 8.85 Å². The van der Waals surface area contributed by atoms with Crippen LogP contribution in [0.1, 0.15) is 52.9 Å². The Morgan fingerprint density at radius 1 is 0.824 bits per heavy atom. The van der Waals surface area contributed by atoms with Gasteiger partial charge >= 0.3 is 8.56 Å². The molecule has 0 heterocycles. The monoisotopic (exact) mass is 261 g/mol. The third-order valence-electron chi connectivity index (χ3n) is 3.12. The van der Waals surface area contributed by atoms with Crippen molar-refractivity contribution in [3.05, 3.63) is 0 Å². The van der Waals surface area contributed by atoms with Crippen LogP contribution in [0.5, 0.6) is 0 Å². The minimum absolute atomic E-state index is 0.785. The molecule has 0 aromatic rings. The minimum atomic E-state index is -1.86. The maximum atomic E-state index is 5.94. The maximum Gasteiger partial charge on any atom is 0.337 e. The number of nitrogens with two attached hydrogens (primary N) is 1. The van der Waals surface area contributed by atoms with Crippen LogP contribution in [0.4, 0.5) is 0 Å². The fourth-order valence-corrected chi connectivity index (χ4v) is 5.14. The molecule has 0 spiro atoms. The van der Waals surface area contributed by atoms with E-state index in [4.69, 9.17) is 14.6 Å². The molecule has 0 aliphatic carbocycles. The molecule has 3 nitrogen and oxygen atoms in total. The Morgan fingerprint density at radius 2 is 1.35 bits per heavy atom. The Hall–Kier alpha value is 0.0969. The quantitative estimate of drug-likeness (QED) is 0.432. The van der Waals surface area contributed by atoms with E-state index >= 15 is 0 Å². The van der Waals surface area contributed by atoms with E-state index in [1.165, 1.54) is 25.7 Å². The van der Waals surface area contributed by atoms with Gasteiger partial charge in [-0.25, -0.2) is 0 Å². The number of hydrogen-bond donors (Lipinski definition) is 1. The van der Waals surface area contributed by atoms with Gasteiger partial charge in [0.15, 0.2) is 0 Å². The highest BCUT2D eigenvalue weighted by Crippen LogP contribution is 2.22. The molecule has 0 aliphatic heterocycles. The lowest BCUT2D eigenvalue weighted by atomic mass is 10.2. The van der Waals surface area contributed by atoms with Crippen molar-refractivity contribution in [1.82, 2.24) is 0 Å². The van der Waals surface area contributed by atoms with Gasteiger partial charge in [-0.15, -0.1) is 0 Å². The van der Waals surface area contributed by atoms with Crippen LogP contribution >= 0.6 is 0 Å². The molecule has 0 radical (unpaired) electrons.